The quantitative estimate of drug-likeness (QED) is 0.695. The van der Waals surface area contributed by atoms with Crippen LogP contribution in [0.3, 0.4) is 0 Å². The molecular weight excluding hydrogens is 160 g/mol. The van der Waals surface area contributed by atoms with Gasteiger partial charge in [-0.1, -0.05) is 24.7 Å². The van der Waals surface area contributed by atoms with E-state index >= 15 is 0 Å². The van der Waals surface area contributed by atoms with E-state index < -0.39 is 0 Å². The van der Waals surface area contributed by atoms with Crippen molar-refractivity contribution in [1.82, 2.24) is 10.2 Å². The van der Waals surface area contributed by atoms with Gasteiger partial charge in [0.2, 0.25) is 0 Å². The monoisotopic (exact) mass is 172 g/mol. The van der Waals surface area contributed by atoms with Gasteiger partial charge in [0.15, 0.2) is 0 Å². The number of aromatic nitrogens is 2. The lowest BCUT2D eigenvalue weighted by Crippen LogP contribution is -1.82. The Morgan fingerprint density at radius 1 is 1.45 bits per heavy atom. The molecular formula is C7H12N2OS. The Morgan fingerprint density at radius 2 is 2.27 bits per heavy atom. The summed E-state index contributed by atoms with van der Waals surface area (Å²) in [4.78, 5) is 0. The Hall–Kier alpha value is -0.640. The van der Waals surface area contributed by atoms with E-state index in [1.807, 2.05) is 0 Å². The number of hydrogen-bond donors (Lipinski definition) is 0. The summed E-state index contributed by atoms with van der Waals surface area (Å²) >= 11 is 1.53. The Kier molecular flexibility index (Phi) is 3.29. The highest BCUT2D eigenvalue weighted by Crippen LogP contribution is 2.18. The molecule has 0 atom stereocenters. The minimum Gasteiger partial charge on any atom is -0.472 e. The summed E-state index contributed by atoms with van der Waals surface area (Å²) < 4.78 is 4.92. The lowest BCUT2D eigenvalue weighted by atomic mass is 10.3. The molecule has 0 N–H and O–H groups in total. The molecule has 0 bridgehead atoms. The molecule has 1 heterocycles. The zero-order valence-electron chi connectivity index (χ0n) is 6.83. The highest BCUT2D eigenvalue weighted by atomic mass is 32.1. The molecule has 1 rings (SSSR count). The molecule has 0 aliphatic carbocycles. The second-order valence-corrected chi connectivity index (χ2v) is 3.29. The minimum absolute atomic E-state index is 0.663. The predicted octanol–water partition coefficient (Wildman–Crippen LogP) is 1.89. The number of methoxy groups -OCH3 is 1. The smallest absolute Gasteiger partial charge is 0.293 e. The van der Waals surface area contributed by atoms with Gasteiger partial charge in [0.1, 0.15) is 5.01 Å². The molecule has 62 valence electrons. The van der Waals surface area contributed by atoms with E-state index in [0.717, 1.165) is 11.4 Å². The fourth-order valence-corrected chi connectivity index (χ4v) is 1.44. The highest BCUT2D eigenvalue weighted by Gasteiger charge is 2.01. The Labute approximate surface area is 70.4 Å². The number of aryl methyl sites for hydroxylation is 1. The van der Waals surface area contributed by atoms with Crippen LogP contribution in [0.1, 0.15) is 24.8 Å². The van der Waals surface area contributed by atoms with Gasteiger partial charge in [-0.05, 0) is 6.42 Å². The largest absolute Gasteiger partial charge is 0.472 e. The highest BCUT2D eigenvalue weighted by molar-refractivity contribution is 7.13. The summed E-state index contributed by atoms with van der Waals surface area (Å²) in [6, 6.07) is 0. The molecule has 0 saturated heterocycles. The molecule has 0 saturated carbocycles. The maximum absolute atomic E-state index is 4.92. The van der Waals surface area contributed by atoms with Crippen LogP contribution in [0, 0.1) is 0 Å². The number of ether oxygens (including phenoxy) is 1. The van der Waals surface area contributed by atoms with E-state index in [-0.39, 0.29) is 0 Å². The molecule has 0 aliphatic heterocycles. The molecule has 1 aromatic heterocycles. The van der Waals surface area contributed by atoms with Crippen molar-refractivity contribution in [2.75, 3.05) is 7.11 Å². The van der Waals surface area contributed by atoms with Gasteiger partial charge in [0.25, 0.3) is 5.19 Å². The van der Waals surface area contributed by atoms with E-state index in [0.29, 0.717) is 5.19 Å². The van der Waals surface area contributed by atoms with Crippen LogP contribution < -0.4 is 4.74 Å². The van der Waals surface area contributed by atoms with Crippen molar-refractivity contribution in [2.45, 2.75) is 26.2 Å². The van der Waals surface area contributed by atoms with E-state index in [9.17, 15) is 0 Å². The third kappa shape index (κ3) is 2.46. The first kappa shape index (κ1) is 8.46. The van der Waals surface area contributed by atoms with Gasteiger partial charge in [-0.3, -0.25) is 0 Å². The molecule has 11 heavy (non-hydrogen) atoms. The van der Waals surface area contributed by atoms with Crippen molar-refractivity contribution in [3.05, 3.63) is 5.01 Å². The molecule has 0 amide bonds. The second kappa shape index (κ2) is 4.28. The van der Waals surface area contributed by atoms with Gasteiger partial charge >= 0.3 is 0 Å². The number of nitrogens with zero attached hydrogens (tertiary/aromatic N) is 2. The number of rotatable bonds is 4. The zero-order valence-corrected chi connectivity index (χ0v) is 7.65. The van der Waals surface area contributed by atoms with Crippen molar-refractivity contribution >= 4 is 11.3 Å². The SMILES string of the molecule is CCCCc1nnc(OC)s1. The van der Waals surface area contributed by atoms with Crippen molar-refractivity contribution in [1.29, 1.82) is 0 Å². The normalized spacial score (nSPS) is 10.0. The molecule has 0 aromatic carbocycles. The van der Waals surface area contributed by atoms with E-state index in [4.69, 9.17) is 4.74 Å². The number of unbranched alkanes of at least 4 members (excludes halogenated alkanes) is 1. The van der Waals surface area contributed by atoms with Gasteiger partial charge in [-0.2, -0.15) is 0 Å². The van der Waals surface area contributed by atoms with E-state index in [1.165, 1.54) is 24.2 Å². The van der Waals surface area contributed by atoms with Gasteiger partial charge in [0.05, 0.1) is 7.11 Å². The van der Waals surface area contributed by atoms with Crippen LogP contribution >= 0.6 is 11.3 Å². The summed E-state index contributed by atoms with van der Waals surface area (Å²) in [6.45, 7) is 2.16. The van der Waals surface area contributed by atoms with Crippen LogP contribution in [-0.2, 0) is 6.42 Å². The first-order chi connectivity index (χ1) is 5.36. The van der Waals surface area contributed by atoms with Crippen LogP contribution in [-0.4, -0.2) is 17.3 Å². The molecule has 0 spiro atoms. The standard InChI is InChI=1S/C7H12N2OS/c1-3-4-5-6-8-9-7(10-2)11-6/h3-5H2,1-2H3. The number of hydrogen-bond acceptors (Lipinski definition) is 4. The zero-order chi connectivity index (χ0) is 8.10. The van der Waals surface area contributed by atoms with Gasteiger partial charge in [0, 0.05) is 6.42 Å². The third-order valence-electron chi connectivity index (χ3n) is 1.37. The van der Waals surface area contributed by atoms with Crippen molar-refractivity contribution < 1.29 is 4.74 Å². The van der Waals surface area contributed by atoms with E-state index in [2.05, 4.69) is 17.1 Å². The Bertz CT molecular complexity index is 212. The van der Waals surface area contributed by atoms with Crippen molar-refractivity contribution in [2.24, 2.45) is 0 Å². The van der Waals surface area contributed by atoms with Crippen molar-refractivity contribution in [3.8, 4) is 5.19 Å². The van der Waals surface area contributed by atoms with Gasteiger partial charge < -0.3 is 4.74 Å². The minimum atomic E-state index is 0.663. The van der Waals surface area contributed by atoms with Crippen LogP contribution in [0.4, 0.5) is 0 Å². The fraction of sp³-hybridized carbons (Fsp3) is 0.714. The average molecular weight is 172 g/mol. The van der Waals surface area contributed by atoms with Gasteiger partial charge in [-0.25, -0.2) is 0 Å². The topological polar surface area (TPSA) is 35.0 Å². The maximum atomic E-state index is 4.92. The summed E-state index contributed by atoms with van der Waals surface area (Å²) in [5.41, 5.74) is 0. The average Bonchev–Trinajstić information content (AvgIpc) is 2.48. The lowest BCUT2D eigenvalue weighted by molar-refractivity contribution is 0.407. The summed E-state index contributed by atoms with van der Waals surface area (Å²) in [5, 5.41) is 9.54. The predicted molar refractivity (Wildman–Crippen MR) is 45.1 cm³/mol. The van der Waals surface area contributed by atoms with Crippen LogP contribution in [0.15, 0.2) is 0 Å². The fourth-order valence-electron chi connectivity index (χ4n) is 0.750. The van der Waals surface area contributed by atoms with Crippen LogP contribution in [0.25, 0.3) is 0 Å². The summed E-state index contributed by atoms with van der Waals surface area (Å²) in [7, 11) is 1.62. The van der Waals surface area contributed by atoms with Crippen LogP contribution in [0.5, 0.6) is 5.19 Å². The van der Waals surface area contributed by atoms with Crippen molar-refractivity contribution in [3.63, 3.8) is 0 Å². The van der Waals surface area contributed by atoms with Gasteiger partial charge in [-0.15, -0.1) is 10.2 Å². The summed E-state index contributed by atoms with van der Waals surface area (Å²) in [6.07, 6.45) is 3.40. The first-order valence-electron chi connectivity index (χ1n) is 3.73. The molecule has 1 aromatic rings. The maximum Gasteiger partial charge on any atom is 0.293 e. The molecule has 0 aliphatic rings. The molecule has 4 heteroatoms. The van der Waals surface area contributed by atoms with E-state index in [1.54, 1.807) is 7.11 Å². The molecule has 0 radical (unpaired) electrons. The second-order valence-electron chi connectivity index (χ2n) is 2.27. The Morgan fingerprint density at radius 3 is 2.82 bits per heavy atom. The molecule has 3 nitrogen and oxygen atoms in total. The lowest BCUT2D eigenvalue weighted by Gasteiger charge is -1.88. The molecule has 0 unspecified atom stereocenters. The Balaban J connectivity index is 2.44. The molecule has 0 fully saturated rings. The third-order valence-corrected chi connectivity index (χ3v) is 2.31. The first-order valence-corrected chi connectivity index (χ1v) is 4.54. The summed E-state index contributed by atoms with van der Waals surface area (Å²) in [5.74, 6) is 0. The van der Waals surface area contributed by atoms with Crippen LogP contribution in [0.2, 0.25) is 0 Å².